The molecule has 2 fully saturated rings. The molecule has 2 bridgehead atoms. The summed E-state index contributed by atoms with van der Waals surface area (Å²) in [6.45, 7) is 5.80. The first-order valence-electron chi connectivity index (χ1n) is 7.98. The van der Waals surface area contributed by atoms with Crippen molar-refractivity contribution >= 4 is 10.0 Å². The molecule has 0 saturated carbocycles. The summed E-state index contributed by atoms with van der Waals surface area (Å²) in [7, 11) is -1.71. The molecule has 2 atom stereocenters. The molecule has 5 heteroatoms. The third-order valence-corrected chi connectivity index (χ3v) is 7.41. The van der Waals surface area contributed by atoms with Gasteiger partial charge in [-0.2, -0.15) is 4.31 Å². The number of benzene rings is 1. The number of fused-ring (bicyclic) bond motifs is 2. The van der Waals surface area contributed by atoms with Crippen molar-refractivity contribution in [3.8, 4) is 0 Å². The van der Waals surface area contributed by atoms with Gasteiger partial charge in [0.25, 0.3) is 0 Å². The Labute approximate surface area is 133 Å². The Hall–Kier alpha value is -0.910. The average molecular weight is 323 g/mol. The van der Waals surface area contributed by atoms with Gasteiger partial charge < -0.3 is 4.74 Å². The van der Waals surface area contributed by atoms with E-state index in [2.05, 4.69) is 0 Å². The van der Waals surface area contributed by atoms with E-state index in [0.717, 1.165) is 42.4 Å². The second-order valence-corrected chi connectivity index (χ2v) is 8.56. The van der Waals surface area contributed by atoms with Crippen LogP contribution in [0.25, 0.3) is 0 Å². The Morgan fingerprint density at radius 3 is 2.00 bits per heavy atom. The van der Waals surface area contributed by atoms with E-state index in [9.17, 15) is 8.42 Å². The Morgan fingerprint density at radius 1 is 1.05 bits per heavy atom. The number of aryl methyl sites for hydroxylation is 3. The van der Waals surface area contributed by atoms with Crippen LogP contribution in [0, 0.1) is 20.8 Å². The highest BCUT2D eigenvalue weighted by Gasteiger charge is 2.47. The van der Waals surface area contributed by atoms with E-state index in [-0.39, 0.29) is 18.2 Å². The highest BCUT2D eigenvalue weighted by atomic mass is 32.2. The van der Waals surface area contributed by atoms with E-state index >= 15 is 0 Å². The number of sulfonamides is 1. The second kappa shape index (κ2) is 5.62. The van der Waals surface area contributed by atoms with Crippen LogP contribution in [0.15, 0.2) is 17.0 Å². The minimum atomic E-state index is -3.43. The maximum absolute atomic E-state index is 13.3. The molecule has 122 valence electrons. The molecular formula is C17H25NO3S. The average Bonchev–Trinajstić information content (AvgIpc) is 2.69. The molecule has 1 aromatic carbocycles. The largest absolute Gasteiger partial charge is 0.381 e. The Kier molecular flexibility index (Phi) is 4.08. The Balaban J connectivity index is 2.02. The molecule has 2 unspecified atom stereocenters. The van der Waals surface area contributed by atoms with Crippen molar-refractivity contribution in [2.45, 2.75) is 69.5 Å². The minimum absolute atomic E-state index is 0.0915. The lowest BCUT2D eigenvalue weighted by Crippen LogP contribution is -2.48. The quantitative estimate of drug-likeness (QED) is 0.859. The van der Waals surface area contributed by atoms with Gasteiger partial charge >= 0.3 is 0 Å². The van der Waals surface area contributed by atoms with Gasteiger partial charge in [-0.25, -0.2) is 8.42 Å². The number of hydrogen-bond donors (Lipinski definition) is 0. The molecular weight excluding hydrogens is 298 g/mol. The summed E-state index contributed by atoms with van der Waals surface area (Å²) >= 11 is 0. The third kappa shape index (κ3) is 2.49. The van der Waals surface area contributed by atoms with Gasteiger partial charge in [0.05, 0.1) is 11.0 Å². The zero-order chi connectivity index (χ0) is 16.1. The van der Waals surface area contributed by atoms with Gasteiger partial charge in [0.1, 0.15) is 0 Å². The lowest BCUT2D eigenvalue weighted by atomic mass is 10.0. The normalized spacial score (nSPS) is 29.0. The highest BCUT2D eigenvalue weighted by Crippen LogP contribution is 2.41. The van der Waals surface area contributed by atoms with Crippen LogP contribution in [0.5, 0.6) is 0 Å². The van der Waals surface area contributed by atoms with Crippen molar-refractivity contribution in [3.05, 3.63) is 28.8 Å². The Bertz CT molecular complexity index is 646. The van der Waals surface area contributed by atoms with Gasteiger partial charge in [0, 0.05) is 19.2 Å². The third-order valence-electron chi connectivity index (χ3n) is 5.10. The monoisotopic (exact) mass is 323 g/mol. The summed E-state index contributed by atoms with van der Waals surface area (Å²) in [6, 6.07) is 4.11. The first kappa shape index (κ1) is 16.0. The smallest absolute Gasteiger partial charge is 0.244 e. The van der Waals surface area contributed by atoms with E-state index in [1.165, 1.54) is 0 Å². The molecule has 0 spiro atoms. The van der Waals surface area contributed by atoms with Gasteiger partial charge in [-0.15, -0.1) is 0 Å². The lowest BCUT2D eigenvalue weighted by Gasteiger charge is -2.37. The predicted molar refractivity (Wildman–Crippen MR) is 86.5 cm³/mol. The van der Waals surface area contributed by atoms with E-state index in [0.29, 0.717) is 4.90 Å². The molecule has 4 nitrogen and oxygen atoms in total. The fourth-order valence-electron chi connectivity index (χ4n) is 4.35. The van der Waals surface area contributed by atoms with Gasteiger partial charge in [0.15, 0.2) is 0 Å². The van der Waals surface area contributed by atoms with E-state index < -0.39 is 10.0 Å². The lowest BCUT2D eigenvalue weighted by molar-refractivity contribution is 0.0349. The maximum Gasteiger partial charge on any atom is 0.244 e. The number of piperidine rings is 1. The first-order valence-corrected chi connectivity index (χ1v) is 9.42. The summed E-state index contributed by atoms with van der Waals surface area (Å²) in [5.74, 6) is 0. The zero-order valence-electron chi connectivity index (χ0n) is 13.8. The van der Waals surface area contributed by atoms with Crippen molar-refractivity contribution in [3.63, 3.8) is 0 Å². The zero-order valence-corrected chi connectivity index (χ0v) is 14.6. The van der Waals surface area contributed by atoms with Crippen molar-refractivity contribution in [1.82, 2.24) is 4.31 Å². The molecule has 0 aromatic heterocycles. The van der Waals surface area contributed by atoms with Crippen molar-refractivity contribution in [1.29, 1.82) is 0 Å². The number of ether oxygens (including phenoxy) is 1. The standard InChI is InChI=1S/C17H25NO3S/c1-11-7-12(2)17(13(3)8-11)22(19,20)18-14-5-6-15(18)10-16(9-14)21-4/h7-8,14-16H,5-6,9-10H2,1-4H3. The molecule has 22 heavy (non-hydrogen) atoms. The van der Waals surface area contributed by atoms with Crippen LogP contribution in [0.4, 0.5) is 0 Å². The molecule has 0 N–H and O–H groups in total. The molecule has 0 radical (unpaired) electrons. The van der Waals surface area contributed by atoms with Gasteiger partial charge in [-0.05, 0) is 57.6 Å². The molecule has 0 aliphatic carbocycles. The number of methoxy groups -OCH3 is 1. The van der Waals surface area contributed by atoms with Crippen LogP contribution in [-0.4, -0.2) is 38.0 Å². The fourth-order valence-corrected chi connectivity index (χ4v) is 6.66. The van der Waals surface area contributed by atoms with Crippen LogP contribution >= 0.6 is 0 Å². The van der Waals surface area contributed by atoms with E-state index in [1.807, 2.05) is 32.9 Å². The van der Waals surface area contributed by atoms with Crippen LogP contribution in [-0.2, 0) is 14.8 Å². The second-order valence-electron chi connectivity index (χ2n) is 6.78. The number of hydrogen-bond acceptors (Lipinski definition) is 3. The predicted octanol–water partition coefficient (Wildman–Crippen LogP) is 2.94. The van der Waals surface area contributed by atoms with Gasteiger partial charge in [-0.3, -0.25) is 0 Å². The maximum atomic E-state index is 13.3. The van der Waals surface area contributed by atoms with Crippen molar-refractivity contribution < 1.29 is 13.2 Å². The van der Waals surface area contributed by atoms with Crippen molar-refractivity contribution in [2.24, 2.45) is 0 Å². The van der Waals surface area contributed by atoms with Crippen LogP contribution in [0.3, 0.4) is 0 Å². The highest BCUT2D eigenvalue weighted by molar-refractivity contribution is 7.89. The molecule has 2 heterocycles. The number of rotatable bonds is 3. The summed E-state index contributed by atoms with van der Waals surface area (Å²) in [4.78, 5) is 0.505. The summed E-state index contributed by atoms with van der Waals surface area (Å²) < 4.78 is 33.8. The SMILES string of the molecule is COC1CC2CCC(C1)N2S(=O)(=O)c1c(C)cc(C)cc1C. The molecule has 3 rings (SSSR count). The van der Waals surface area contributed by atoms with Crippen LogP contribution < -0.4 is 0 Å². The minimum Gasteiger partial charge on any atom is -0.381 e. The Morgan fingerprint density at radius 2 is 1.55 bits per heavy atom. The topological polar surface area (TPSA) is 46.6 Å². The summed E-state index contributed by atoms with van der Waals surface area (Å²) in [5, 5.41) is 0. The first-order chi connectivity index (χ1) is 10.3. The fraction of sp³-hybridized carbons (Fsp3) is 0.647. The van der Waals surface area contributed by atoms with Crippen LogP contribution in [0.1, 0.15) is 42.4 Å². The summed E-state index contributed by atoms with van der Waals surface area (Å²) in [6.07, 6.45) is 3.73. The van der Waals surface area contributed by atoms with Crippen LogP contribution in [0.2, 0.25) is 0 Å². The van der Waals surface area contributed by atoms with Gasteiger partial charge in [-0.1, -0.05) is 17.7 Å². The molecule has 1 aromatic rings. The summed E-state index contributed by atoms with van der Waals surface area (Å²) in [5.41, 5.74) is 2.81. The molecule has 0 amide bonds. The van der Waals surface area contributed by atoms with Gasteiger partial charge in [0.2, 0.25) is 10.0 Å². The number of nitrogens with zero attached hydrogens (tertiary/aromatic N) is 1. The van der Waals surface area contributed by atoms with E-state index in [4.69, 9.17) is 4.74 Å². The molecule has 2 aliphatic rings. The van der Waals surface area contributed by atoms with Crippen molar-refractivity contribution in [2.75, 3.05) is 7.11 Å². The molecule has 2 saturated heterocycles. The molecule has 2 aliphatic heterocycles. The van der Waals surface area contributed by atoms with E-state index in [1.54, 1.807) is 11.4 Å².